The fourth-order valence-corrected chi connectivity index (χ4v) is 0.931. The molecule has 80 valence electrons. The SMILES string of the molecule is COC(C)c1noc(C(N)CCO)n1. The van der Waals surface area contributed by atoms with Gasteiger partial charge in [-0.05, 0) is 13.3 Å². The molecule has 0 aromatic carbocycles. The molecule has 0 fully saturated rings. The fraction of sp³-hybridized carbons (Fsp3) is 0.750. The molecule has 0 amide bonds. The predicted octanol–water partition coefficient (Wildman–Crippen LogP) is 0.159. The van der Waals surface area contributed by atoms with Gasteiger partial charge in [0.2, 0.25) is 5.89 Å². The van der Waals surface area contributed by atoms with Crippen LogP contribution in [0.2, 0.25) is 0 Å². The molecule has 6 heteroatoms. The largest absolute Gasteiger partial charge is 0.396 e. The molecule has 0 radical (unpaired) electrons. The van der Waals surface area contributed by atoms with Crippen molar-refractivity contribution in [3.63, 3.8) is 0 Å². The Hall–Kier alpha value is -0.980. The summed E-state index contributed by atoms with van der Waals surface area (Å²) in [7, 11) is 1.56. The summed E-state index contributed by atoms with van der Waals surface area (Å²) in [6.45, 7) is 1.81. The fourth-order valence-electron chi connectivity index (χ4n) is 0.931. The summed E-state index contributed by atoms with van der Waals surface area (Å²) in [6.07, 6.45) is 0.192. The Bertz CT molecular complexity index is 277. The van der Waals surface area contributed by atoms with Gasteiger partial charge in [-0.15, -0.1) is 0 Å². The van der Waals surface area contributed by atoms with E-state index in [0.29, 0.717) is 18.1 Å². The lowest BCUT2D eigenvalue weighted by Crippen LogP contribution is -2.12. The lowest BCUT2D eigenvalue weighted by molar-refractivity contribution is 0.109. The number of aromatic nitrogens is 2. The van der Waals surface area contributed by atoms with Crippen LogP contribution in [0.5, 0.6) is 0 Å². The summed E-state index contributed by atoms with van der Waals surface area (Å²) in [4.78, 5) is 4.06. The third kappa shape index (κ3) is 2.50. The average molecular weight is 201 g/mol. The first-order valence-corrected chi connectivity index (χ1v) is 4.41. The number of aliphatic hydroxyl groups is 1. The number of rotatable bonds is 5. The van der Waals surface area contributed by atoms with E-state index in [1.807, 2.05) is 6.92 Å². The molecule has 3 N–H and O–H groups in total. The Morgan fingerprint density at radius 1 is 1.64 bits per heavy atom. The first-order chi connectivity index (χ1) is 6.69. The molecule has 0 aliphatic carbocycles. The topological polar surface area (TPSA) is 94.4 Å². The maximum Gasteiger partial charge on any atom is 0.243 e. The van der Waals surface area contributed by atoms with Crippen LogP contribution in [0.4, 0.5) is 0 Å². The van der Waals surface area contributed by atoms with Gasteiger partial charge in [-0.3, -0.25) is 0 Å². The van der Waals surface area contributed by atoms with Gasteiger partial charge in [-0.2, -0.15) is 4.98 Å². The number of nitrogens with two attached hydrogens (primary N) is 1. The summed E-state index contributed by atoms with van der Waals surface area (Å²) in [5.41, 5.74) is 5.66. The molecule has 1 heterocycles. The van der Waals surface area contributed by atoms with Gasteiger partial charge < -0.3 is 20.1 Å². The van der Waals surface area contributed by atoms with Crippen molar-refractivity contribution < 1.29 is 14.4 Å². The first kappa shape index (κ1) is 11.1. The average Bonchev–Trinajstić information content (AvgIpc) is 2.66. The van der Waals surface area contributed by atoms with Crippen LogP contribution in [0.15, 0.2) is 4.52 Å². The van der Waals surface area contributed by atoms with Crippen LogP contribution >= 0.6 is 0 Å². The number of ether oxygens (including phenoxy) is 1. The molecular weight excluding hydrogens is 186 g/mol. The van der Waals surface area contributed by atoms with Crippen LogP contribution in [0, 0.1) is 0 Å². The molecule has 0 saturated heterocycles. The zero-order valence-electron chi connectivity index (χ0n) is 8.30. The Morgan fingerprint density at radius 2 is 2.36 bits per heavy atom. The van der Waals surface area contributed by atoms with Gasteiger partial charge in [0.25, 0.3) is 0 Å². The number of hydrogen-bond acceptors (Lipinski definition) is 6. The van der Waals surface area contributed by atoms with Crippen molar-refractivity contribution >= 4 is 0 Å². The van der Waals surface area contributed by atoms with Crippen molar-refractivity contribution in [1.29, 1.82) is 0 Å². The van der Waals surface area contributed by atoms with Crippen molar-refractivity contribution in [3.05, 3.63) is 11.7 Å². The molecule has 14 heavy (non-hydrogen) atoms. The Labute approximate surface area is 82.1 Å². The third-order valence-corrected chi connectivity index (χ3v) is 1.93. The van der Waals surface area contributed by atoms with Crippen molar-refractivity contribution in [2.45, 2.75) is 25.5 Å². The Morgan fingerprint density at radius 3 is 2.93 bits per heavy atom. The second-order valence-electron chi connectivity index (χ2n) is 2.99. The molecule has 0 saturated carbocycles. The number of hydrogen-bond donors (Lipinski definition) is 2. The lowest BCUT2D eigenvalue weighted by atomic mass is 10.2. The molecule has 2 atom stereocenters. The molecular formula is C8H15N3O3. The summed E-state index contributed by atoms with van der Waals surface area (Å²) in [5, 5.41) is 12.4. The highest BCUT2D eigenvalue weighted by molar-refractivity contribution is 4.93. The van der Waals surface area contributed by atoms with Crippen molar-refractivity contribution in [3.8, 4) is 0 Å². The van der Waals surface area contributed by atoms with Crippen LogP contribution in [0.25, 0.3) is 0 Å². The summed E-state index contributed by atoms with van der Waals surface area (Å²) < 4.78 is 9.94. The van der Waals surface area contributed by atoms with Gasteiger partial charge in [0.05, 0.1) is 6.04 Å². The molecule has 0 aliphatic heterocycles. The normalized spacial score (nSPS) is 15.4. The molecule has 0 spiro atoms. The smallest absolute Gasteiger partial charge is 0.243 e. The van der Waals surface area contributed by atoms with Gasteiger partial charge in [0.1, 0.15) is 6.10 Å². The van der Waals surface area contributed by atoms with E-state index in [1.165, 1.54) is 0 Å². The molecule has 0 aliphatic rings. The lowest BCUT2D eigenvalue weighted by Gasteiger charge is -2.03. The second-order valence-corrected chi connectivity index (χ2v) is 2.99. The Kier molecular flexibility index (Phi) is 3.99. The first-order valence-electron chi connectivity index (χ1n) is 4.41. The minimum Gasteiger partial charge on any atom is -0.396 e. The number of aliphatic hydroxyl groups excluding tert-OH is 1. The van der Waals surface area contributed by atoms with E-state index in [0.717, 1.165) is 0 Å². The van der Waals surface area contributed by atoms with E-state index in [1.54, 1.807) is 7.11 Å². The number of nitrogens with zero attached hydrogens (tertiary/aromatic N) is 2. The highest BCUT2D eigenvalue weighted by Crippen LogP contribution is 2.16. The maximum atomic E-state index is 8.67. The van der Waals surface area contributed by atoms with Crippen LogP contribution in [0.3, 0.4) is 0 Å². The molecule has 6 nitrogen and oxygen atoms in total. The van der Waals surface area contributed by atoms with E-state index in [-0.39, 0.29) is 12.7 Å². The van der Waals surface area contributed by atoms with E-state index in [9.17, 15) is 0 Å². The minimum atomic E-state index is -0.412. The maximum absolute atomic E-state index is 8.67. The van der Waals surface area contributed by atoms with E-state index in [2.05, 4.69) is 10.1 Å². The molecule has 1 aromatic heterocycles. The molecule has 1 aromatic rings. The zero-order chi connectivity index (χ0) is 10.6. The van der Waals surface area contributed by atoms with Crippen molar-refractivity contribution in [2.75, 3.05) is 13.7 Å². The monoisotopic (exact) mass is 201 g/mol. The summed E-state index contributed by atoms with van der Waals surface area (Å²) >= 11 is 0. The van der Waals surface area contributed by atoms with E-state index < -0.39 is 6.04 Å². The molecule has 0 bridgehead atoms. The highest BCUT2D eigenvalue weighted by atomic mass is 16.5. The molecule has 1 rings (SSSR count). The van der Waals surface area contributed by atoms with E-state index >= 15 is 0 Å². The van der Waals surface area contributed by atoms with Crippen LogP contribution in [-0.4, -0.2) is 29.0 Å². The summed E-state index contributed by atoms with van der Waals surface area (Å²) in [6, 6.07) is -0.412. The van der Waals surface area contributed by atoms with E-state index in [4.69, 9.17) is 20.1 Å². The predicted molar refractivity (Wildman–Crippen MR) is 48.4 cm³/mol. The van der Waals surface area contributed by atoms with Gasteiger partial charge in [0.15, 0.2) is 5.82 Å². The van der Waals surface area contributed by atoms with Gasteiger partial charge in [-0.25, -0.2) is 0 Å². The van der Waals surface area contributed by atoms with Crippen LogP contribution in [-0.2, 0) is 4.74 Å². The zero-order valence-corrected chi connectivity index (χ0v) is 8.30. The highest BCUT2D eigenvalue weighted by Gasteiger charge is 2.17. The van der Waals surface area contributed by atoms with Crippen LogP contribution in [0.1, 0.15) is 37.2 Å². The van der Waals surface area contributed by atoms with Crippen molar-refractivity contribution in [1.82, 2.24) is 10.1 Å². The van der Waals surface area contributed by atoms with Gasteiger partial charge in [0, 0.05) is 13.7 Å². The number of methoxy groups -OCH3 is 1. The van der Waals surface area contributed by atoms with Crippen LogP contribution < -0.4 is 5.73 Å². The molecule has 2 unspecified atom stereocenters. The standard InChI is InChI=1S/C8H15N3O3/c1-5(13-2)7-10-8(14-11-7)6(9)3-4-12/h5-6,12H,3-4,9H2,1-2H3. The quantitative estimate of drug-likeness (QED) is 0.704. The van der Waals surface area contributed by atoms with Gasteiger partial charge in [-0.1, -0.05) is 5.16 Å². The van der Waals surface area contributed by atoms with Gasteiger partial charge >= 0.3 is 0 Å². The van der Waals surface area contributed by atoms with Crippen molar-refractivity contribution in [2.24, 2.45) is 5.73 Å². The minimum absolute atomic E-state index is 0.00128. The Balaban J connectivity index is 2.67. The third-order valence-electron chi connectivity index (χ3n) is 1.93. The summed E-state index contributed by atoms with van der Waals surface area (Å²) in [5.74, 6) is 0.800. The second kappa shape index (κ2) is 5.04.